The summed E-state index contributed by atoms with van der Waals surface area (Å²) in [7, 11) is 1.69. The Bertz CT molecular complexity index is 726. The summed E-state index contributed by atoms with van der Waals surface area (Å²) >= 11 is 0. The third kappa shape index (κ3) is 2.91. The molecule has 1 amide bonds. The number of nitrogens with zero attached hydrogens (tertiary/aromatic N) is 5. The lowest BCUT2D eigenvalue weighted by molar-refractivity contribution is 0.0672. The van der Waals surface area contributed by atoms with E-state index in [2.05, 4.69) is 15.3 Å². The highest BCUT2D eigenvalue weighted by Gasteiger charge is 2.34. The van der Waals surface area contributed by atoms with Crippen molar-refractivity contribution in [2.45, 2.75) is 31.8 Å². The topological polar surface area (TPSA) is 73.1 Å². The van der Waals surface area contributed by atoms with Crippen LogP contribution in [0.5, 0.6) is 0 Å². The second-order valence-corrected chi connectivity index (χ2v) is 6.63. The lowest BCUT2D eigenvalue weighted by Crippen LogP contribution is -2.40. The molecule has 0 unspecified atom stereocenters. The summed E-state index contributed by atoms with van der Waals surface area (Å²) < 4.78 is 7.43. The minimum Gasteiger partial charge on any atom is -0.384 e. The lowest BCUT2D eigenvalue weighted by Gasteiger charge is -2.32. The molecule has 0 saturated heterocycles. The Hall–Kier alpha value is -2.28. The first-order valence-electron chi connectivity index (χ1n) is 8.36. The largest absolute Gasteiger partial charge is 0.384 e. The average molecular weight is 327 g/mol. The molecule has 1 fully saturated rings. The normalized spacial score (nSPS) is 20.0. The standard InChI is InChI=1S/C17H21N5O2/c1-24-11-14-9-21(17(23)13-3-2-6-18-7-13)10-15-16(14)22(20-19-15)8-12-4-5-12/h2-3,6-7,12,14H,4-5,8-11H2,1H3/t14-/m0/s1. The predicted octanol–water partition coefficient (Wildman–Crippen LogP) is 1.47. The van der Waals surface area contributed by atoms with Crippen LogP contribution >= 0.6 is 0 Å². The van der Waals surface area contributed by atoms with Gasteiger partial charge in [-0.25, -0.2) is 4.68 Å². The molecule has 0 N–H and O–H groups in total. The number of ether oxygens (including phenoxy) is 1. The zero-order valence-corrected chi connectivity index (χ0v) is 13.8. The van der Waals surface area contributed by atoms with Crippen LogP contribution in [0.25, 0.3) is 0 Å². The van der Waals surface area contributed by atoms with Crippen LogP contribution in [0.2, 0.25) is 0 Å². The van der Waals surface area contributed by atoms with E-state index in [1.165, 1.54) is 12.8 Å². The number of pyridine rings is 1. The Kier molecular flexibility index (Phi) is 4.02. The molecule has 2 aliphatic rings. The zero-order valence-electron chi connectivity index (χ0n) is 13.8. The molecule has 1 saturated carbocycles. The Morgan fingerprint density at radius 3 is 3.00 bits per heavy atom. The van der Waals surface area contributed by atoms with Crippen molar-refractivity contribution in [3.63, 3.8) is 0 Å². The summed E-state index contributed by atoms with van der Waals surface area (Å²) in [5.74, 6) is 0.814. The molecule has 4 rings (SSSR count). The van der Waals surface area contributed by atoms with E-state index in [0.29, 0.717) is 25.3 Å². The van der Waals surface area contributed by atoms with Crippen LogP contribution in [0.1, 0.15) is 40.5 Å². The van der Waals surface area contributed by atoms with Crippen LogP contribution in [0, 0.1) is 5.92 Å². The van der Waals surface area contributed by atoms with Crippen molar-refractivity contribution in [2.75, 3.05) is 20.3 Å². The van der Waals surface area contributed by atoms with Crippen molar-refractivity contribution >= 4 is 5.91 Å². The summed E-state index contributed by atoms with van der Waals surface area (Å²) in [6.07, 6.45) is 5.82. The Morgan fingerprint density at radius 1 is 1.42 bits per heavy atom. The molecule has 0 spiro atoms. The van der Waals surface area contributed by atoms with E-state index < -0.39 is 0 Å². The van der Waals surface area contributed by atoms with Crippen molar-refractivity contribution < 1.29 is 9.53 Å². The fourth-order valence-corrected chi connectivity index (χ4v) is 3.35. The van der Waals surface area contributed by atoms with Crippen molar-refractivity contribution in [1.82, 2.24) is 24.9 Å². The van der Waals surface area contributed by atoms with Gasteiger partial charge in [-0.3, -0.25) is 9.78 Å². The number of rotatable bonds is 5. The summed E-state index contributed by atoms with van der Waals surface area (Å²) in [5.41, 5.74) is 2.63. The number of carbonyl (C=O) groups excluding carboxylic acids is 1. The van der Waals surface area contributed by atoms with Gasteiger partial charge in [-0.2, -0.15) is 0 Å². The van der Waals surface area contributed by atoms with Gasteiger partial charge in [0.2, 0.25) is 0 Å². The van der Waals surface area contributed by atoms with Gasteiger partial charge >= 0.3 is 0 Å². The summed E-state index contributed by atoms with van der Waals surface area (Å²) in [5, 5.41) is 8.68. The monoisotopic (exact) mass is 327 g/mol. The average Bonchev–Trinajstić information content (AvgIpc) is 3.34. The first-order valence-corrected chi connectivity index (χ1v) is 8.36. The molecule has 1 atom stereocenters. The predicted molar refractivity (Wildman–Crippen MR) is 86.3 cm³/mol. The molecule has 0 bridgehead atoms. The van der Waals surface area contributed by atoms with E-state index in [-0.39, 0.29) is 11.8 Å². The second-order valence-electron chi connectivity index (χ2n) is 6.63. The van der Waals surface area contributed by atoms with Crippen molar-refractivity contribution in [3.05, 3.63) is 41.5 Å². The number of carbonyl (C=O) groups is 1. The molecular formula is C17H21N5O2. The number of methoxy groups -OCH3 is 1. The molecular weight excluding hydrogens is 306 g/mol. The first kappa shape index (κ1) is 15.3. The summed E-state index contributed by atoms with van der Waals surface area (Å²) in [6.45, 7) is 2.60. The summed E-state index contributed by atoms with van der Waals surface area (Å²) in [4.78, 5) is 18.6. The van der Waals surface area contributed by atoms with Gasteiger partial charge in [-0.05, 0) is 30.9 Å². The number of hydrogen-bond acceptors (Lipinski definition) is 5. The van der Waals surface area contributed by atoms with Crippen molar-refractivity contribution in [2.24, 2.45) is 5.92 Å². The maximum Gasteiger partial charge on any atom is 0.255 e. The molecule has 7 heteroatoms. The van der Waals surface area contributed by atoms with Crippen LogP contribution in [0.4, 0.5) is 0 Å². The molecule has 24 heavy (non-hydrogen) atoms. The van der Waals surface area contributed by atoms with Crippen LogP contribution < -0.4 is 0 Å². The highest BCUT2D eigenvalue weighted by atomic mass is 16.5. The van der Waals surface area contributed by atoms with Crippen LogP contribution in [0.3, 0.4) is 0 Å². The van der Waals surface area contributed by atoms with Gasteiger partial charge in [0.15, 0.2) is 0 Å². The van der Waals surface area contributed by atoms with E-state index in [4.69, 9.17) is 4.74 Å². The Morgan fingerprint density at radius 2 is 2.29 bits per heavy atom. The van der Waals surface area contributed by atoms with Gasteiger partial charge in [0.05, 0.1) is 24.4 Å². The van der Waals surface area contributed by atoms with Gasteiger partial charge < -0.3 is 9.64 Å². The molecule has 2 aromatic rings. The highest BCUT2D eigenvalue weighted by Crippen LogP contribution is 2.34. The van der Waals surface area contributed by atoms with Gasteiger partial charge in [0.25, 0.3) is 5.91 Å². The lowest BCUT2D eigenvalue weighted by atomic mass is 9.98. The van der Waals surface area contributed by atoms with E-state index in [0.717, 1.165) is 23.9 Å². The molecule has 2 aromatic heterocycles. The minimum absolute atomic E-state index is 0.0217. The van der Waals surface area contributed by atoms with Gasteiger partial charge in [0.1, 0.15) is 5.69 Å². The van der Waals surface area contributed by atoms with Crippen molar-refractivity contribution in [1.29, 1.82) is 0 Å². The maximum atomic E-state index is 12.7. The number of amides is 1. The number of aromatic nitrogens is 4. The van der Waals surface area contributed by atoms with Crippen LogP contribution in [0.15, 0.2) is 24.5 Å². The molecule has 1 aliphatic carbocycles. The Labute approximate surface area is 140 Å². The number of fused-ring (bicyclic) bond motifs is 1. The van der Waals surface area contributed by atoms with Gasteiger partial charge in [-0.15, -0.1) is 5.10 Å². The van der Waals surface area contributed by atoms with Crippen molar-refractivity contribution in [3.8, 4) is 0 Å². The number of hydrogen-bond donors (Lipinski definition) is 0. The fourth-order valence-electron chi connectivity index (χ4n) is 3.35. The van der Waals surface area contributed by atoms with E-state index in [1.54, 1.807) is 31.6 Å². The van der Waals surface area contributed by atoms with Gasteiger partial charge in [0, 0.05) is 38.5 Å². The van der Waals surface area contributed by atoms with Gasteiger partial charge in [-0.1, -0.05) is 5.21 Å². The second kappa shape index (κ2) is 6.32. The SMILES string of the molecule is COC[C@@H]1CN(C(=O)c2cccnc2)Cc2nnn(CC3CC3)c21. The van der Waals surface area contributed by atoms with E-state index in [1.807, 2.05) is 9.58 Å². The third-order valence-electron chi connectivity index (χ3n) is 4.71. The Balaban J connectivity index is 1.60. The third-order valence-corrected chi connectivity index (χ3v) is 4.71. The first-order chi connectivity index (χ1) is 11.8. The molecule has 1 aliphatic heterocycles. The highest BCUT2D eigenvalue weighted by molar-refractivity contribution is 5.94. The zero-order chi connectivity index (χ0) is 16.5. The molecule has 126 valence electrons. The molecule has 0 radical (unpaired) electrons. The minimum atomic E-state index is -0.0217. The fraction of sp³-hybridized carbons (Fsp3) is 0.529. The smallest absolute Gasteiger partial charge is 0.255 e. The van der Waals surface area contributed by atoms with E-state index in [9.17, 15) is 4.79 Å². The molecule has 0 aromatic carbocycles. The maximum absolute atomic E-state index is 12.7. The summed E-state index contributed by atoms with van der Waals surface area (Å²) in [6, 6.07) is 3.57. The molecule has 3 heterocycles. The van der Waals surface area contributed by atoms with Crippen LogP contribution in [-0.2, 0) is 17.8 Å². The van der Waals surface area contributed by atoms with E-state index >= 15 is 0 Å². The molecule has 7 nitrogen and oxygen atoms in total. The van der Waals surface area contributed by atoms with Crippen LogP contribution in [-0.4, -0.2) is 51.0 Å². The quantitative estimate of drug-likeness (QED) is 0.831.